The topological polar surface area (TPSA) is 679 Å². The Kier molecular flexibility index (Phi) is 45.2. The number of phenolic OH excluding ortho intramolecular Hbond substituents is 1. The van der Waals surface area contributed by atoms with E-state index in [0.29, 0.717) is 46.0 Å². The van der Waals surface area contributed by atoms with Crippen LogP contribution in [-0.4, -0.2) is 279 Å². The van der Waals surface area contributed by atoms with Crippen LogP contribution in [0.4, 0.5) is 0 Å². The summed E-state index contributed by atoms with van der Waals surface area (Å²) in [5.74, 6) is -21.7. The number of phenols is 1. The molecule has 0 bridgehead atoms. The number of benzene rings is 5. The molecule has 1 saturated carbocycles. The predicted octanol–water partition coefficient (Wildman–Crippen LogP) is -0.0271. The molecule has 0 unspecified atom stereocenters. The van der Waals surface area contributed by atoms with E-state index >= 15 is 47.9 Å². The van der Waals surface area contributed by atoms with Crippen molar-refractivity contribution in [1.82, 2.24) is 94.5 Å². The van der Waals surface area contributed by atoms with Gasteiger partial charge in [0, 0.05) is 75.7 Å². The molecule has 2 heterocycles. The number of carboxylic acids is 1. The summed E-state index contributed by atoms with van der Waals surface area (Å²) in [7, 11) is 2.59. The van der Waals surface area contributed by atoms with Crippen molar-refractivity contribution in [3.8, 4) is 16.9 Å². The quantitative estimate of drug-likeness (QED) is 0.0167. The van der Waals surface area contributed by atoms with Gasteiger partial charge in [0.1, 0.15) is 90.3 Å². The Morgan fingerprint density at radius 3 is 1.49 bits per heavy atom. The minimum Gasteiger partial charge on any atom is -0.508 e. The molecule has 1 saturated heterocycles. The van der Waals surface area contributed by atoms with E-state index in [1.54, 1.807) is 113 Å². The molecule has 1 aromatic heterocycles. The van der Waals surface area contributed by atoms with E-state index in [2.05, 4.69) is 84.7 Å². The van der Waals surface area contributed by atoms with Crippen LogP contribution >= 0.6 is 11.8 Å². The second kappa shape index (κ2) is 56.8. The first-order chi connectivity index (χ1) is 68.5. The molecule has 1 aliphatic heterocycles. The van der Waals surface area contributed by atoms with Gasteiger partial charge in [0.15, 0.2) is 11.9 Å². The first-order valence-electron chi connectivity index (χ1n) is 48.3. The number of primary amides is 1. The summed E-state index contributed by atoms with van der Waals surface area (Å²) in [4.78, 5) is 256. The summed E-state index contributed by atoms with van der Waals surface area (Å²) in [6.07, 6.45) is 2.41. The van der Waals surface area contributed by atoms with Crippen LogP contribution in [-0.2, 0) is 107 Å². The Balaban J connectivity index is 1.23. The SMILES string of the molecule is CC(C)C[C@@H]1NC(=O)[C@H](CCCNC(=N)N)NC(=O)[C@H](Cc2ccccc2)N(C)C(=O)[C@H](C)N(C)C(=O)[C@H](CCCNC(=N)N)NC(=O)[C@H](Cc2ccc(-c3ccccc3)cc2)NC(=O)[C@H](C(C)C)NC(=O)[C@H](Cc2c[nH]c3ccccc23)NC(=O)[C@H](CC(=O)O)NC(=O)[C@H](Cc2ccc(O)cc2)NC(=O)[C@H](CC2CCCCC2)NC(=O)CSC[C@@H](C(=O)NCC(N)=O)NC(=O)[C@H](CO)NC(=O)[C@H](C(C)C)NC1=O. The van der Waals surface area contributed by atoms with Gasteiger partial charge in [-0.3, -0.25) is 92.3 Å². The first kappa shape index (κ1) is 115. The van der Waals surface area contributed by atoms with Gasteiger partial charge in [-0.2, -0.15) is 0 Å². The predicted molar refractivity (Wildman–Crippen MR) is 539 cm³/mol. The summed E-state index contributed by atoms with van der Waals surface area (Å²) in [6, 6.07) is 14.4. The number of thioether (sulfide) groups is 1. The van der Waals surface area contributed by atoms with Gasteiger partial charge in [-0.1, -0.05) is 189 Å². The van der Waals surface area contributed by atoms with Crippen molar-refractivity contribution in [2.24, 2.45) is 40.9 Å². The van der Waals surface area contributed by atoms with Gasteiger partial charge in [0.05, 0.1) is 25.3 Å². The number of aromatic nitrogens is 1. The number of nitrogens with two attached hydrogens (primary N) is 3. The highest BCUT2D eigenvalue weighted by atomic mass is 32.2. The lowest BCUT2D eigenvalue weighted by molar-refractivity contribution is -0.148. The highest BCUT2D eigenvalue weighted by Crippen LogP contribution is 2.29. The molecule has 43 nitrogen and oxygen atoms in total. The lowest BCUT2D eigenvalue weighted by atomic mass is 9.84. The number of carbonyl (C=O) groups excluding carboxylic acids is 16. The van der Waals surface area contributed by atoms with Gasteiger partial charge in [-0.05, 0) is 121 Å². The summed E-state index contributed by atoms with van der Waals surface area (Å²) >= 11 is 0.745. The first-order valence-corrected chi connectivity index (χ1v) is 49.4. The van der Waals surface area contributed by atoms with Crippen LogP contribution in [0.3, 0.4) is 0 Å². The van der Waals surface area contributed by atoms with Crippen molar-refractivity contribution >= 4 is 135 Å². The van der Waals surface area contributed by atoms with Crippen LogP contribution in [0, 0.1) is 34.5 Å². The summed E-state index contributed by atoms with van der Waals surface area (Å²) in [5, 5.41) is 87.7. The fraction of sp³-hybridized carbons (Fsp3) is 0.490. The molecule has 1 aliphatic carbocycles. The van der Waals surface area contributed by atoms with Gasteiger partial charge in [-0.25, -0.2) is 0 Å². The number of fused-ring (bicyclic) bond motifs is 1. The number of H-pyrrole nitrogens is 1. The van der Waals surface area contributed by atoms with E-state index < -0.39 is 246 Å². The van der Waals surface area contributed by atoms with E-state index in [1.807, 2.05) is 30.3 Å². The molecule has 16 amide bonds. The van der Waals surface area contributed by atoms with Crippen LogP contribution in [0.1, 0.15) is 148 Å². The Morgan fingerprint density at radius 1 is 0.472 bits per heavy atom. The van der Waals surface area contributed by atoms with Crippen LogP contribution in [0.15, 0.2) is 140 Å². The Morgan fingerprint density at radius 2 is 0.931 bits per heavy atom. The number of para-hydroxylation sites is 1. The van der Waals surface area contributed by atoms with Crippen molar-refractivity contribution in [3.05, 3.63) is 162 Å². The highest BCUT2D eigenvalue weighted by Gasteiger charge is 2.42. The maximum atomic E-state index is 15.7. The molecule has 14 atom stereocenters. The van der Waals surface area contributed by atoms with Crippen LogP contribution in [0.5, 0.6) is 5.75 Å². The number of aliphatic hydroxyl groups is 1. The number of aliphatic carboxylic acids is 1. The minimum absolute atomic E-state index is 0.00247. The molecule has 2 aliphatic rings. The Hall–Kier alpha value is -14.7. The summed E-state index contributed by atoms with van der Waals surface area (Å²) in [6.45, 7) is 9.19. The third-order valence-corrected chi connectivity index (χ3v) is 26.0. The summed E-state index contributed by atoms with van der Waals surface area (Å²) in [5.41, 5.74) is 20.7. The van der Waals surface area contributed by atoms with Crippen molar-refractivity contribution in [2.75, 3.05) is 51.8 Å². The largest absolute Gasteiger partial charge is 0.508 e. The van der Waals surface area contributed by atoms with Crippen molar-refractivity contribution in [1.29, 1.82) is 10.8 Å². The zero-order valence-electron chi connectivity index (χ0n) is 82.5. The number of nitrogens with one attached hydrogen (secondary N) is 18. The number of aliphatic hydroxyl groups excluding tert-OH is 1. The number of carbonyl (C=O) groups is 17. The summed E-state index contributed by atoms with van der Waals surface area (Å²) < 4.78 is 0. The number of rotatable bonds is 29. The zero-order valence-corrected chi connectivity index (χ0v) is 83.4. The van der Waals surface area contributed by atoms with E-state index in [1.165, 1.54) is 59.1 Å². The smallest absolute Gasteiger partial charge is 0.305 e. The van der Waals surface area contributed by atoms with Crippen molar-refractivity contribution in [2.45, 2.75) is 236 Å². The maximum Gasteiger partial charge on any atom is 0.305 e. The molecule has 144 heavy (non-hydrogen) atoms. The molecular weight excluding hydrogens is 1880 g/mol. The monoisotopic (exact) mass is 2010 g/mol. The van der Waals surface area contributed by atoms with E-state index in [9.17, 15) is 48.9 Å². The van der Waals surface area contributed by atoms with E-state index in [-0.39, 0.29) is 88.5 Å². The number of aromatic amines is 1. The van der Waals surface area contributed by atoms with Gasteiger partial charge in [0.2, 0.25) is 94.5 Å². The second-order valence-corrected chi connectivity index (χ2v) is 38.5. The third-order valence-electron chi connectivity index (χ3n) is 25.0. The Bertz CT molecular complexity index is 5440. The number of guanidine groups is 2. The second-order valence-electron chi connectivity index (χ2n) is 37.4. The number of amides is 16. The number of hydrogen-bond acceptors (Lipinski definition) is 22. The van der Waals surface area contributed by atoms with Crippen molar-refractivity contribution < 1.29 is 96.8 Å². The molecule has 0 spiro atoms. The number of hydrogen-bond donors (Lipinski definition) is 24. The normalized spacial score (nSPS) is 23.1. The van der Waals surface area contributed by atoms with E-state index in [0.717, 1.165) is 52.0 Å². The molecule has 27 N–H and O–H groups in total. The van der Waals surface area contributed by atoms with Gasteiger partial charge >= 0.3 is 5.97 Å². The number of carboxylic acid groups (broad SMARTS) is 1. The lowest BCUT2D eigenvalue weighted by Crippen LogP contribution is -2.62. The molecule has 6 aromatic rings. The Labute approximate surface area is 840 Å². The molecule has 780 valence electrons. The zero-order chi connectivity index (χ0) is 106. The number of nitrogens with zero attached hydrogens (tertiary/aromatic N) is 2. The molecule has 2 fully saturated rings. The highest BCUT2D eigenvalue weighted by molar-refractivity contribution is 8.00. The fourth-order valence-electron chi connectivity index (χ4n) is 16.9. The third kappa shape index (κ3) is 36.4. The average molecular weight is 2020 g/mol. The standard InChI is InChI=1S/C100H139N23O20S/c1-55(2)43-71-91(136)120-84(57(5)6)96(141)118-77(52-124)93(138)119-78(85(130)109-51-80(101)126)53-144-54-81(127)110-72(44-59-23-13-10-14-24-59)87(132)114-73(46-62-35-39-66(125)40-36-62)89(134)116-76(49-82(128)129)90(135)115-75(48-65-50-108-68-30-20-19-29-67(65)68)92(137)121-83(56(3)4)95(140)117-74(45-61-33-37-64(38-34-61)63-27-17-12-18-28-63)88(133)112-70(32-22-42-107-100(104)105)98(143)122(8)58(7)97(142)123(9)79(47-60-25-15-11-16-26-60)94(139)111-69(86(131)113-71)31-21-41-106-99(102)103/h11-12,15-20,25-30,33-40,50,55-59,69-79,83-84,108,124-125H,10,13-14,21-24,31-32,41-49,51-54H2,1-9H3,(H2,101,126)(H,109,130)(H,110,127)(H,111,139)(H,112,133)(H,113,131)(H,114,132)(H,115,135)(H,116,134)(H,117,140)(H,118,141)(H,119,138)(H,120,136)(H,121,137)(H,128,129)(H4,102,103,106)(H4,104,105,107)/t58-,69-,70-,71-,72-,73-,74-,75-,76-,77-,78-,79-,83-,84-/m0/s1. The van der Waals surface area contributed by atoms with Gasteiger partial charge in [-0.15, -0.1) is 11.8 Å². The van der Waals surface area contributed by atoms with Crippen LogP contribution < -0.4 is 97.0 Å². The molecule has 5 aromatic carbocycles. The van der Waals surface area contributed by atoms with Gasteiger partial charge in [0.25, 0.3) is 0 Å². The number of likely N-dealkylation sites (N-methyl/N-ethyl adjacent to an activating group) is 2. The molecule has 44 heteroatoms. The van der Waals surface area contributed by atoms with Crippen molar-refractivity contribution in [3.63, 3.8) is 0 Å². The minimum atomic E-state index is -2.06. The van der Waals surface area contributed by atoms with E-state index in [4.69, 9.17) is 28.0 Å². The molecule has 0 radical (unpaired) electrons. The average Bonchev–Trinajstić information content (AvgIpc) is 1.78. The molecular formula is C100H139N23O20S. The number of aromatic hydroxyl groups is 1. The maximum absolute atomic E-state index is 15.7. The van der Waals surface area contributed by atoms with Crippen LogP contribution in [0.25, 0.3) is 22.0 Å². The fourth-order valence-corrected chi connectivity index (χ4v) is 17.7. The van der Waals surface area contributed by atoms with Crippen LogP contribution in [0.2, 0.25) is 0 Å². The lowest BCUT2D eigenvalue weighted by Gasteiger charge is -2.35. The molecule has 8 rings (SSSR count). The van der Waals surface area contributed by atoms with Gasteiger partial charge < -0.3 is 127 Å².